The van der Waals surface area contributed by atoms with Gasteiger partial charge in [0.25, 0.3) is 0 Å². The number of aromatic nitrogens is 2. The van der Waals surface area contributed by atoms with E-state index in [1.54, 1.807) is 6.07 Å². The smallest absolute Gasteiger partial charge is 0.319 e. The van der Waals surface area contributed by atoms with Gasteiger partial charge in [-0.15, -0.1) is 0 Å². The summed E-state index contributed by atoms with van der Waals surface area (Å²) in [6.45, 7) is 0.912. The van der Waals surface area contributed by atoms with Crippen LogP contribution in [0.2, 0.25) is 10.0 Å². The number of aromatic amines is 1. The first-order chi connectivity index (χ1) is 17.6. The summed E-state index contributed by atoms with van der Waals surface area (Å²) in [7, 11) is 0. The number of H-pyrrole nitrogens is 1. The molecule has 1 unspecified atom stereocenters. The predicted octanol–water partition coefficient (Wildman–Crippen LogP) is 6.27. The summed E-state index contributed by atoms with van der Waals surface area (Å²) >= 11 is 12.4. The number of carbonyl (C=O) groups is 1. The van der Waals surface area contributed by atoms with Crippen molar-refractivity contribution in [3.8, 4) is 11.8 Å². The van der Waals surface area contributed by atoms with Crippen LogP contribution in [0.1, 0.15) is 42.1 Å². The maximum absolute atomic E-state index is 13.1. The number of hydrogen-bond donors (Lipinski definition) is 4. The molecule has 1 fully saturated rings. The molecule has 6 nitrogen and oxygen atoms in total. The Morgan fingerprint density at radius 1 is 1.00 bits per heavy atom. The molecule has 8 heteroatoms. The highest BCUT2D eigenvalue weighted by Gasteiger charge is 2.27. The first-order valence-corrected chi connectivity index (χ1v) is 12.6. The van der Waals surface area contributed by atoms with Gasteiger partial charge < -0.3 is 16.0 Å². The first kappa shape index (κ1) is 24.2. The number of rotatable bonds is 4. The van der Waals surface area contributed by atoms with Crippen LogP contribution in [-0.2, 0) is 0 Å². The first-order valence-electron chi connectivity index (χ1n) is 11.9. The van der Waals surface area contributed by atoms with Crippen molar-refractivity contribution in [2.45, 2.75) is 31.3 Å². The van der Waals surface area contributed by atoms with E-state index < -0.39 is 0 Å². The minimum atomic E-state index is -0.307. The third-order valence-corrected chi connectivity index (χ3v) is 7.00. The predicted molar refractivity (Wildman–Crippen MR) is 146 cm³/mol. The number of anilines is 1. The highest BCUT2D eigenvalue weighted by molar-refractivity contribution is 6.42. The second-order valence-corrected chi connectivity index (χ2v) is 9.57. The molecule has 0 saturated carbocycles. The third-order valence-electron chi connectivity index (χ3n) is 6.26. The average molecular weight is 518 g/mol. The van der Waals surface area contributed by atoms with Crippen molar-refractivity contribution >= 4 is 45.8 Å². The van der Waals surface area contributed by atoms with E-state index >= 15 is 0 Å². The molecule has 36 heavy (non-hydrogen) atoms. The number of fused-ring (bicyclic) bond motifs is 1. The highest BCUT2D eigenvalue weighted by Crippen LogP contribution is 2.29. The lowest BCUT2D eigenvalue weighted by molar-refractivity contribution is 0.240. The lowest BCUT2D eigenvalue weighted by atomic mass is 9.92. The molecule has 0 bridgehead atoms. The van der Waals surface area contributed by atoms with Crippen molar-refractivity contribution in [3.05, 3.63) is 93.6 Å². The zero-order valence-electron chi connectivity index (χ0n) is 19.4. The molecule has 0 aliphatic carbocycles. The molecule has 2 amide bonds. The second kappa shape index (κ2) is 11.0. The standard InChI is InChI=1S/C28H25Cl2N5O/c29-22-12-10-19(16-23(22)30)27(26-8-4-5-15-31-26)33-28(36)32-20-11-14-25-21(17-20)24(34-35-25)13-9-18-6-2-1-3-7-18/h1-3,6-7,10-12,14,16-17,26-27,31H,4-5,8,15H2,(H,34,35)(H2,32,33,36)/t26-,27?/m0/s1. The van der Waals surface area contributed by atoms with Crippen LogP contribution in [0, 0.1) is 11.8 Å². The van der Waals surface area contributed by atoms with Crippen LogP contribution < -0.4 is 16.0 Å². The maximum Gasteiger partial charge on any atom is 0.319 e. The molecule has 5 rings (SSSR count). The molecular weight excluding hydrogens is 493 g/mol. The number of hydrogen-bond acceptors (Lipinski definition) is 3. The summed E-state index contributed by atoms with van der Waals surface area (Å²) in [5.41, 5.74) is 3.93. The molecule has 1 aliphatic heterocycles. The number of benzene rings is 3. The van der Waals surface area contributed by atoms with Crippen molar-refractivity contribution in [1.82, 2.24) is 20.8 Å². The Morgan fingerprint density at radius 2 is 1.86 bits per heavy atom. The van der Waals surface area contributed by atoms with Gasteiger partial charge in [0.2, 0.25) is 0 Å². The molecule has 0 spiro atoms. The molecule has 182 valence electrons. The summed E-state index contributed by atoms with van der Waals surface area (Å²) in [4.78, 5) is 13.1. The van der Waals surface area contributed by atoms with Gasteiger partial charge in [-0.25, -0.2) is 4.79 Å². The molecule has 3 aromatic carbocycles. The van der Waals surface area contributed by atoms with Crippen molar-refractivity contribution in [2.75, 3.05) is 11.9 Å². The van der Waals surface area contributed by atoms with Gasteiger partial charge in [0.15, 0.2) is 0 Å². The van der Waals surface area contributed by atoms with Crippen molar-refractivity contribution < 1.29 is 4.79 Å². The van der Waals surface area contributed by atoms with E-state index in [2.05, 4.69) is 38.0 Å². The van der Waals surface area contributed by atoms with Crippen LogP contribution in [0.4, 0.5) is 10.5 Å². The molecule has 1 aliphatic rings. The molecule has 2 heterocycles. The van der Waals surface area contributed by atoms with Gasteiger partial charge in [0.1, 0.15) is 5.69 Å². The fourth-order valence-electron chi connectivity index (χ4n) is 4.43. The Balaban J connectivity index is 1.35. The fourth-order valence-corrected chi connectivity index (χ4v) is 4.74. The van der Waals surface area contributed by atoms with Crippen molar-refractivity contribution in [1.29, 1.82) is 0 Å². The van der Waals surface area contributed by atoms with E-state index in [9.17, 15) is 4.79 Å². The molecule has 2 atom stereocenters. The van der Waals surface area contributed by atoms with Gasteiger partial charge in [0.05, 0.1) is 21.6 Å². The number of piperidine rings is 1. The van der Waals surface area contributed by atoms with Crippen LogP contribution in [0.5, 0.6) is 0 Å². The van der Waals surface area contributed by atoms with Gasteiger partial charge in [-0.1, -0.05) is 59.8 Å². The van der Waals surface area contributed by atoms with E-state index in [1.807, 2.05) is 60.7 Å². The Kier molecular flexibility index (Phi) is 7.43. The topological polar surface area (TPSA) is 81.8 Å². The van der Waals surface area contributed by atoms with E-state index in [4.69, 9.17) is 23.2 Å². The highest BCUT2D eigenvalue weighted by atomic mass is 35.5. The number of nitrogens with zero attached hydrogens (tertiary/aromatic N) is 1. The van der Waals surface area contributed by atoms with Crippen LogP contribution in [-0.4, -0.2) is 28.8 Å². The summed E-state index contributed by atoms with van der Waals surface area (Å²) < 4.78 is 0. The lowest BCUT2D eigenvalue weighted by Gasteiger charge is -2.32. The van der Waals surface area contributed by atoms with Crippen LogP contribution >= 0.6 is 23.2 Å². The average Bonchev–Trinajstić information content (AvgIpc) is 3.31. The lowest BCUT2D eigenvalue weighted by Crippen LogP contribution is -2.47. The van der Waals surface area contributed by atoms with Crippen LogP contribution in [0.15, 0.2) is 66.7 Å². The number of nitrogens with one attached hydrogen (secondary N) is 4. The number of carbonyl (C=O) groups excluding carboxylic acids is 1. The Bertz CT molecular complexity index is 1430. The molecule has 4 aromatic rings. The summed E-state index contributed by atoms with van der Waals surface area (Å²) in [6.07, 6.45) is 3.18. The Hall–Kier alpha value is -3.50. The Labute approximate surface area is 219 Å². The number of halogens is 2. The summed E-state index contributed by atoms with van der Waals surface area (Å²) in [6, 6.07) is 20.4. The van der Waals surface area contributed by atoms with Gasteiger partial charge in [-0.2, -0.15) is 5.10 Å². The maximum atomic E-state index is 13.1. The van der Waals surface area contributed by atoms with Crippen molar-refractivity contribution in [3.63, 3.8) is 0 Å². The molecule has 0 radical (unpaired) electrons. The normalized spacial score (nSPS) is 16.1. The fraction of sp³-hybridized carbons (Fsp3) is 0.214. The number of urea groups is 1. The van der Waals surface area contributed by atoms with Gasteiger partial charge in [-0.05, 0) is 73.3 Å². The van der Waals surface area contributed by atoms with E-state index in [-0.39, 0.29) is 18.1 Å². The van der Waals surface area contributed by atoms with E-state index in [0.717, 1.165) is 47.8 Å². The van der Waals surface area contributed by atoms with E-state index in [0.29, 0.717) is 21.4 Å². The second-order valence-electron chi connectivity index (χ2n) is 8.75. The largest absolute Gasteiger partial charge is 0.329 e. The minimum absolute atomic E-state index is 0.0953. The van der Waals surface area contributed by atoms with E-state index in [1.165, 1.54) is 0 Å². The van der Waals surface area contributed by atoms with Gasteiger partial charge in [0, 0.05) is 22.7 Å². The van der Waals surface area contributed by atoms with Gasteiger partial charge in [-0.3, -0.25) is 5.10 Å². The molecule has 4 N–H and O–H groups in total. The quantitative estimate of drug-likeness (QED) is 0.240. The van der Waals surface area contributed by atoms with Crippen LogP contribution in [0.25, 0.3) is 10.9 Å². The monoisotopic (exact) mass is 517 g/mol. The SMILES string of the molecule is O=C(Nc1ccc2[nH]nc(C#Cc3ccccc3)c2c1)NC(c1ccc(Cl)c(Cl)c1)[C@@H]1CCCCN1. The molecule has 1 aromatic heterocycles. The van der Waals surface area contributed by atoms with Gasteiger partial charge >= 0.3 is 6.03 Å². The zero-order chi connectivity index (χ0) is 24.9. The molecular formula is C28H25Cl2N5O. The molecule has 1 saturated heterocycles. The van der Waals surface area contributed by atoms with Crippen LogP contribution in [0.3, 0.4) is 0 Å². The Morgan fingerprint density at radius 3 is 2.64 bits per heavy atom. The zero-order valence-corrected chi connectivity index (χ0v) is 21.0. The number of amides is 2. The summed E-state index contributed by atoms with van der Waals surface area (Å²) in [5, 5.41) is 18.8. The van der Waals surface area contributed by atoms with Crippen molar-refractivity contribution in [2.24, 2.45) is 0 Å². The summed E-state index contributed by atoms with van der Waals surface area (Å²) in [5.74, 6) is 6.25. The minimum Gasteiger partial charge on any atom is -0.329 e. The third kappa shape index (κ3) is 5.66.